The maximum atomic E-state index is 14.0. The molecule has 0 aliphatic carbocycles. The molecule has 7 nitrogen and oxygen atoms in total. The van der Waals surface area contributed by atoms with Gasteiger partial charge in [-0.2, -0.15) is 0 Å². The fourth-order valence-electron chi connectivity index (χ4n) is 2.92. The number of halogens is 2. The van der Waals surface area contributed by atoms with E-state index in [1.54, 1.807) is 6.07 Å². The summed E-state index contributed by atoms with van der Waals surface area (Å²) in [6, 6.07) is 15.9. The molecule has 0 radical (unpaired) electrons. The van der Waals surface area contributed by atoms with Crippen molar-refractivity contribution >= 4 is 39.5 Å². The zero-order valence-electron chi connectivity index (χ0n) is 14.8. The van der Waals surface area contributed by atoms with Crippen molar-refractivity contribution in [2.45, 2.75) is 0 Å². The molecule has 0 amide bonds. The number of hydrogen-bond acceptors (Lipinski definition) is 6. The quantitative estimate of drug-likeness (QED) is 0.353. The monoisotopic (exact) mass is 393 g/mol. The second kappa shape index (κ2) is 7.47. The van der Waals surface area contributed by atoms with E-state index in [1.165, 1.54) is 0 Å². The van der Waals surface area contributed by atoms with E-state index in [2.05, 4.69) is 20.6 Å². The average molecular weight is 393 g/mol. The first-order chi connectivity index (χ1) is 14.0. The largest absolute Gasteiger partial charge is 0.353 e. The van der Waals surface area contributed by atoms with Crippen LogP contribution >= 0.6 is 0 Å². The van der Waals surface area contributed by atoms with Gasteiger partial charge in [0.25, 0.3) is 0 Å². The van der Waals surface area contributed by atoms with Gasteiger partial charge >= 0.3 is 5.69 Å². The Labute approximate surface area is 163 Å². The van der Waals surface area contributed by atoms with Crippen molar-refractivity contribution in [1.82, 2.24) is 9.97 Å². The van der Waals surface area contributed by atoms with Crippen LogP contribution in [0.5, 0.6) is 0 Å². The number of nitrogens with one attached hydrogen (secondary N) is 2. The maximum Gasteiger partial charge on any atom is 0.353 e. The molecular weight excluding hydrogens is 380 g/mol. The Kier molecular flexibility index (Phi) is 4.70. The van der Waals surface area contributed by atoms with Crippen LogP contribution in [-0.4, -0.2) is 14.9 Å². The highest BCUT2D eigenvalue weighted by atomic mass is 19.1. The summed E-state index contributed by atoms with van der Waals surface area (Å²) in [5, 5.41) is 19.0. The first-order valence-corrected chi connectivity index (χ1v) is 8.49. The van der Waals surface area contributed by atoms with Crippen molar-refractivity contribution < 1.29 is 13.7 Å². The SMILES string of the molecule is O=[N+]([O-])c1c(Nc2ccc(F)cc2F)ncnc1Nc1cccc2ccccc12. The molecule has 0 aliphatic heterocycles. The summed E-state index contributed by atoms with van der Waals surface area (Å²) in [7, 11) is 0. The van der Waals surface area contributed by atoms with E-state index in [1.807, 2.05) is 36.4 Å². The normalized spacial score (nSPS) is 10.7. The highest BCUT2D eigenvalue weighted by molar-refractivity contribution is 5.96. The number of benzene rings is 3. The van der Waals surface area contributed by atoms with Crippen LogP contribution in [-0.2, 0) is 0 Å². The van der Waals surface area contributed by atoms with Gasteiger partial charge in [0.1, 0.15) is 18.0 Å². The van der Waals surface area contributed by atoms with E-state index in [9.17, 15) is 18.9 Å². The molecule has 2 N–H and O–H groups in total. The second-order valence-electron chi connectivity index (χ2n) is 6.08. The fraction of sp³-hybridized carbons (Fsp3) is 0. The summed E-state index contributed by atoms with van der Waals surface area (Å²) in [5.41, 5.74) is -0.00252. The van der Waals surface area contributed by atoms with Gasteiger partial charge < -0.3 is 10.6 Å². The van der Waals surface area contributed by atoms with E-state index < -0.39 is 22.2 Å². The standard InChI is InChI=1S/C20H13F2N5O2/c21-13-8-9-17(15(22)10-13)26-20-18(27(28)29)19(23-11-24-20)25-16-7-3-5-12-4-1-2-6-14(12)16/h1-11H,(H2,23,24,25,26). The van der Waals surface area contributed by atoms with Gasteiger partial charge in [-0.05, 0) is 23.6 Å². The van der Waals surface area contributed by atoms with Gasteiger partial charge in [-0.15, -0.1) is 0 Å². The number of nitrogens with zero attached hydrogens (tertiary/aromatic N) is 3. The number of aromatic nitrogens is 2. The predicted molar refractivity (Wildman–Crippen MR) is 106 cm³/mol. The summed E-state index contributed by atoms with van der Waals surface area (Å²) in [6.45, 7) is 0. The van der Waals surface area contributed by atoms with Crippen molar-refractivity contribution in [1.29, 1.82) is 0 Å². The molecule has 9 heteroatoms. The van der Waals surface area contributed by atoms with E-state index in [4.69, 9.17) is 0 Å². The van der Waals surface area contributed by atoms with Crippen molar-refractivity contribution in [2.24, 2.45) is 0 Å². The molecule has 0 unspecified atom stereocenters. The first-order valence-electron chi connectivity index (χ1n) is 8.49. The minimum absolute atomic E-state index is 0.0635. The third-order valence-corrected chi connectivity index (χ3v) is 4.23. The molecule has 0 bridgehead atoms. The Morgan fingerprint density at radius 2 is 1.55 bits per heavy atom. The Hall–Kier alpha value is -4.14. The summed E-state index contributed by atoms with van der Waals surface area (Å²) >= 11 is 0. The second-order valence-corrected chi connectivity index (χ2v) is 6.08. The molecule has 3 aromatic carbocycles. The van der Waals surface area contributed by atoms with Gasteiger partial charge in [0.2, 0.25) is 11.6 Å². The van der Waals surface area contributed by atoms with Gasteiger partial charge in [-0.25, -0.2) is 18.7 Å². The predicted octanol–water partition coefficient (Wildman–Crippen LogP) is 5.30. The number of rotatable bonds is 5. The van der Waals surface area contributed by atoms with E-state index in [0.29, 0.717) is 11.8 Å². The number of anilines is 4. The molecule has 1 aromatic heterocycles. The first kappa shape index (κ1) is 18.2. The average Bonchev–Trinajstić information content (AvgIpc) is 2.70. The summed E-state index contributed by atoms with van der Waals surface area (Å²) in [4.78, 5) is 18.9. The molecule has 4 aromatic rings. The molecule has 0 fully saturated rings. The third kappa shape index (κ3) is 3.65. The van der Waals surface area contributed by atoms with Gasteiger partial charge in [-0.1, -0.05) is 36.4 Å². The smallest absolute Gasteiger partial charge is 0.334 e. The van der Waals surface area contributed by atoms with Crippen LogP contribution in [0.25, 0.3) is 10.8 Å². The van der Waals surface area contributed by atoms with Gasteiger partial charge in [0.15, 0.2) is 0 Å². The summed E-state index contributed by atoms with van der Waals surface area (Å²) in [6.07, 6.45) is 1.12. The van der Waals surface area contributed by atoms with Crippen molar-refractivity contribution in [2.75, 3.05) is 10.6 Å². The Morgan fingerprint density at radius 3 is 2.28 bits per heavy atom. The molecule has 4 rings (SSSR count). The van der Waals surface area contributed by atoms with Crippen molar-refractivity contribution in [3.63, 3.8) is 0 Å². The van der Waals surface area contributed by atoms with Crippen LogP contribution in [0.2, 0.25) is 0 Å². The van der Waals surface area contributed by atoms with Crippen molar-refractivity contribution in [3.8, 4) is 0 Å². The van der Waals surface area contributed by atoms with Crippen LogP contribution in [0, 0.1) is 21.7 Å². The maximum absolute atomic E-state index is 14.0. The molecule has 0 saturated carbocycles. The lowest BCUT2D eigenvalue weighted by atomic mass is 10.1. The minimum atomic E-state index is -0.901. The topological polar surface area (TPSA) is 93.0 Å². The molecule has 0 aliphatic rings. The summed E-state index contributed by atoms with van der Waals surface area (Å²) < 4.78 is 27.1. The Bertz CT molecular complexity index is 1230. The van der Waals surface area contributed by atoms with Gasteiger partial charge in [-0.3, -0.25) is 10.1 Å². The zero-order valence-corrected chi connectivity index (χ0v) is 14.8. The molecule has 0 atom stereocenters. The number of fused-ring (bicyclic) bond motifs is 1. The highest BCUT2D eigenvalue weighted by Crippen LogP contribution is 2.35. The van der Waals surface area contributed by atoms with E-state index >= 15 is 0 Å². The zero-order chi connectivity index (χ0) is 20.4. The lowest BCUT2D eigenvalue weighted by molar-refractivity contribution is -0.383. The molecular formula is C20H13F2N5O2. The lowest BCUT2D eigenvalue weighted by Gasteiger charge is -2.12. The fourth-order valence-corrected chi connectivity index (χ4v) is 2.92. The van der Waals surface area contributed by atoms with E-state index in [-0.39, 0.29) is 17.3 Å². The van der Waals surface area contributed by atoms with Crippen LogP contribution in [0.1, 0.15) is 0 Å². The van der Waals surface area contributed by atoms with Gasteiger partial charge in [0, 0.05) is 17.1 Å². The molecule has 29 heavy (non-hydrogen) atoms. The minimum Gasteiger partial charge on any atom is -0.334 e. The van der Waals surface area contributed by atoms with Crippen LogP contribution in [0.4, 0.5) is 37.5 Å². The van der Waals surface area contributed by atoms with Crippen LogP contribution in [0.15, 0.2) is 67.0 Å². The molecule has 144 valence electrons. The highest BCUT2D eigenvalue weighted by Gasteiger charge is 2.24. The lowest BCUT2D eigenvalue weighted by Crippen LogP contribution is -2.06. The van der Waals surface area contributed by atoms with Crippen LogP contribution in [0.3, 0.4) is 0 Å². The number of nitro groups is 1. The molecule has 0 saturated heterocycles. The van der Waals surface area contributed by atoms with E-state index in [0.717, 1.165) is 29.2 Å². The number of hydrogen-bond donors (Lipinski definition) is 2. The van der Waals surface area contributed by atoms with Crippen molar-refractivity contribution in [3.05, 3.63) is 88.7 Å². The Balaban J connectivity index is 1.76. The van der Waals surface area contributed by atoms with Gasteiger partial charge in [0.05, 0.1) is 10.6 Å². The molecule has 0 spiro atoms. The summed E-state index contributed by atoms with van der Waals surface area (Å²) in [5.74, 6) is -1.95. The third-order valence-electron chi connectivity index (χ3n) is 4.23. The Morgan fingerprint density at radius 1 is 0.862 bits per heavy atom. The molecule has 1 heterocycles. The van der Waals surface area contributed by atoms with Crippen LogP contribution < -0.4 is 10.6 Å².